The Morgan fingerprint density at radius 1 is 1.53 bits per heavy atom. The zero-order valence-electron chi connectivity index (χ0n) is 10.2. The minimum absolute atomic E-state index is 0.00852. The van der Waals surface area contributed by atoms with E-state index in [2.05, 4.69) is 10.3 Å². The molecule has 0 aliphatic rings. The molecule has 0 fully saturated rings. The van der Waals surface area contributed by atoms with Gasteiger partial charge in [-0.25, -0.2) is 0 Å². The van der Waals surface area contributed by atoms with Crippen LogP contribution < -0.4 is 10.9 Å². The molecule has 1 rings (SSSR count). The highest BCUT2D eigenvalue weighted by atomic mass is 16.3. The number of unbranched alkanes of at least 4 members (excludes halogenated alkanes) is 1. The van der Waals surface area contributed by atoms with Gasteiger partial charge in [0.25, 0.3) is 11.5 Å². The van der Waals surface area contributed by atoms with E-state index >= 15 is 0 Å². The van der Waals surface area contributed by atoms with Crippen LogP contribution in [-0.4, -0.2) is 22.5 Å². The van der Waals surface area contributed by atoms with Crippen LogP contribution in [0.5, 0.6) is 0 Å². The molecule has 17 heavy (non-hydrogen) atoms. The minimum Gasteiger partial charge on any atom is -0.392 e. The van der Waals surface area contributed by atoms with Gasteiger partial charge in [-0.1, -0.05) is 13.3 Å². The third-order valence-corrected chi connectivity index (χ3v) is 2.46. The predicted octanol–water partition coefficient (Wildman–Crippen LogP) is 0.706. The summed E-state index contributed by atoms with van der Waals surface area (Å²) < 4.78 is 0. The van der Waals surface area contributed by atoms with Gasteiger partial charge in [-0.15, -0.1) is 0 Å². The van der Waals surface area contributed by atoms with E-state index in [0.29, 0.717) is 17.8 Å². The van der Waals surface area contributed by atoms with Crippen molar-refractivity contribution in [3.63, 3.8) is 0 Å². The molecule has 0 saturated carbocycles. The number of aromatic nitrogens is 1. The fraction of sp³-hybridized carbons (Fsp3) is 0.500. The normalized spacial score (nSPS) is 10.3. The monoisotopic (exact) mass is 238 g/mol. The molecule has 0 spiro atoms. The quantitative estimate of drug-likeness (QED) is 0.660. The lowest BCUT2D eigenvalue weighted by Gasteiger charge is -2.08. The van der Waals surface area contributed by atoms with Crippen LogP contribution >= 0.6 is 0 Å². The third kappa shape index (κ3) is 3.42. The van der Waals surface area contributed by atoms with Gasteiger partial charge in [0.15, 0.2) is 0 Å². The van der Waals surface area contributed by atoms with Crippen LogP contribution in [0.25, 0.3) is 0 Å². The Labute approximate surface area is 99.9 Å². The Hall–Kier alpha value is -1.62. The molecule has 0 aliphatic heterocycles. The molecule has 1 aromatic heterocycles. The zero-order valence-corrected chi connectivity index (χ0v) is 10.2. The first kappa shape index (κ1) is 13.4. The van der Waals surface area contributed by atoms with Gasteiger partial charge in [0.1, 0.15) is 5.56 Å². The smallest absolute Gasteiger partial charge is 0.261 e. The Bertz CT molecular complexity index is 452. The number of aromatic amines is 1. The Balaban J connectivity index is 2.96. The highest BCUT2D eigenvalue weighted by molar-refractivity contribution is 5.95. The summed E-state index contributed by atoms with van der Waals surface area (Å²) in [7, 11) is 0. The fourth-order valence-electron chi connectivity index (χ4n) is 1.60. The molecule has 0 saturated heterocycles. The number of carbonyl (C=O) groups excluding carboxylic acids is 1. The number of aliphatic hydroxyl groups is 1. The van der Waals surface area contributed by atoms with Crippen LogP contribution in [0, 0.1) is 6.92 Å². The second kappa shape index (κ2) is 6.20. The molecular formula is C12H18N2O3. The second-order valence-electron chi connectivity index (χ2n) is 3.95. The SMILES string of the molecule is CCCCNC(=O)c1c(CO)cc(C)[nH]c1=O. The number of pyridine rings is 1. The number of H-pyrrole nitrogens is 1. The highest BCUT2D eigenvalue weighted by Gasteiger charge is 2.15. The van der Waals surface area contributed by atoms with Crippen molar-refractivity contribution in [2.24, 2.45) is 0 Å². The second-order valence-corrected chi connectivity index (χ2v) is 3.95. The molecule has 1 aromatic rings. The van der Waals surface area contributed by atoms with Crippen molar-refractivity contribution in [3.05, 3.63) is 33.2 Å². The number of hydrogen-bond donors (Lipinski definition) is 3. The molecule has 0 aliphatic carbocycles. The summed E-state index contributed by atoms with van der Waals surface area (Å²) >= 11 is 0. The summed E-state index contributed by atoms with van der Waals surface area (Å²) in [6.45, 7) is 3.94. The van der Waals surface area contributed by atoms with E-state index in [9.17, 15) is 9.59 Å². The summed E-state index contributed by atoms with van der Waals surface area (Å²) in [5.41, 5.74) is 0.543. The topological polar surface area (TPSA) is 82.2 Å². The van der Waals surface area contributed by atoms with Crippen LogP contribution in [-0.2, 0) is 6.61 Å². The molecule has 3 N–H and O–H groups in total. The van der Waals surface area contributed by atoms with Gasteiger partial charge < -0.3 is 15.4 Å². The predicted molar refractivity (Wildman–Crippen MR) is 65.0 cm³/mol. The molecule has 94 valence electrons. The maximum Gasteiger partial charge on any atom is 0.261 e. The van der Waals surface area contributed by atoms with Crippen molar-refractivity contribution in [2.45, 2.75) is 33.3 Å². The van der Waals surface area contributed by atoms with E-state index in [4.69, 9.17) is 5.11 Å². The maximum absolute atomic E-state index is 11.8. The van der Waals surface area contributed by atoms with E-state index in [0.717, 1.165) is 12.8 Å². The van der Waals surface area contributed by atoms with Crippen molar-refractivity contribution < 1.29 is 9.90 Å². The largest absolute Gasteiger partial charge is 0.392 e. The Morgan fingerprint density at radius 2 is 2.24 bits per heavy atom. The molecule has 1 heterocycles. The number of rotatable bonds is 5. The van der Waals surface area contributed by atoms with Gasteiger partial charge in [0, 0.05) is 12.2 Å². The van der Waals surface area contributed by atoms with Gasteiger partial charge >= 0.3 is 0 Å². The maximum atomic E-state index is 11.8. The molecule has 0 aromatic carbocycles. The van der Waals surface area contributed by atoms with Crippen molar-refractivity contribution in [1.29, 1.82) is 0 Å². The number of aryl methyl sites for hydroxylation is 1. The van der Waals surface area contributed by atoms with Gasteiger partial charge in [-0.05, 0) is 25.0 Å². The van der Waals surface area contributed by atoms with E-state index < -0.39 is 11.5 Å². The first-order valence-corrected chi connectivity index (χ1v) is 5.72. The zero-order chi connectivity index (χ0) is 12.8. The van der Waals surface area contributed by atoms with E-state index in [1.807, 2.05) is 6.92 Å². The average Bonchev–Trinajstić information content (AvgIpc) is 2.27. The van der Waals surface area contributed by atoms with Crippen molar-refractivity contribution in [3.8, 4) is 0 Å². The van der Waals surface area contributed by atoms with Gasteiger partial charge in [-0.2, -0.15) is 0 Å². The standard InChI is InChI=1S/C12H18N2O3/c1-3-4-5-13-11(16)10-9(7-15)6-8(2)14-12(10)17/h6,15H,3-5,7H2,1-2H3,(H,13,16)(H,14,17). The molecule has 0 atom stereocenters. The molecule has 5 nitrogen and oxygen atoms in total. The number of amides is 1. The van der Waals surface area contributed by atoms with Crippen LogP contribution in [0.4, 0.5) is 0 Å². The molecule has 0 bridgehead atoms. The third-order valence-electron chi connectivity index (χ3n) is 2.46. The number of carbonyl (C=O) groups is 1. The van der Waals surface area contributed by atoms with Gasteiger partial charge in [-0.3, -0.25) is 9.59 Å². The van der Waals surface area contributed by atoms with E-state index in [-0.39, 0.29) is 12.2 Å². The Kier molecular flexibility index (Phi) is 4.90. The summed E-state index contributed by atoms with van der Waals surface area (Å²) in [5, 5.41) is 11.8. The summed E-state index contributed by atoms with van der Waals surface area (Å²) in [6, 6.07) is 1.61. The Morgan fingerprint density at radius 3 is 2.82 bits per heavy atom. The first-order valence-electron chi connectivity index (χ1n) is 5.72. The highest BCUT2D eigenvalue weighted by Crippen LogP contribution is 2.05. The van der Waals surface area contributed by atoms with Crippen molar-refractivity contribution >= 4 is 5.91 Å². The summed E-state index contributed by atoms with van der Waals surface area (Å²) in [6.07, 6.45) is 1.83. The van der Waals surface area contributed by atoms with Crippen LogP contribution in [0.15, 0.2) is 10.9 Å². The van der Waals surface area contributed by atoms with Gasteiger partial charge in [0.05, 0.1) is 6.61 Å². The lowest BCUT2D eigenvalue weighted by molar-refractivity contribution is 0.0948. The minimum atomic E-state index is -0.456. The van der Waals surface area contributed by atoms with Gasteiger partial charge in [0.2, 0.25) is 0 Å². The van der Waals surface area contributed by atoms with Crippen LogP contribution in [0.3, 0.4) is 0 Å². The molecule has 0 radical (unpaired) electrons. The molecule has 5 heteroatoms. The van der Waals surface area contributed by atoms with Crippen LogP contribution in [0.2, 0.25) is 0 Å². The number of hydrogen-bond acceptors (Lipinski definition) is 3. The molecular weight excluding hydrogens is 220 g/mol. The van der Waals surface area contributed by atoms with E-state index in [1.165, 1.54) is 0 Å². The average molecular weight is 238 g/mol. The lowest BCUT2D eigenvalue weighted by Crippen LogP contribution is -2.32. The van der Waals surface area contributed by atoms with Crippen LogP contribution in [0.1, 0.15) is 41.4 Å². The van der Waals surface area contributed by atoms with E-state index in [1.54, 1.807) is 13.0 Å². The first-order chi connectivity index (χ1) is 8.10. The summed E-state index contributed by atoms with van der Waals surface area (Å²) in [5.74, 6) is -0.427. The molecule has 1 amide bonds. The fourth-order valence-corrected chi connectivity index (χ4v) is 1.60. The molecule has 0 unspecified atom stereocenters. The lowest BCUT2D eigenvalue weighted by atomic mass is 10.1. The number of nitrogens with one attached hydrogen (secondary N) is 2. The summed E-state index contributed by atoms with van der Waals surface area (Å²) in [4.78, 5) is 26.0. The number of aliphatic hydroxyl groups excluding tert-OH is 1. The van der Waals surface area contributed by atoms with Crippen molar-refractivity contribution in [2.75, 3.05) is 6.54 Å². The van der Waals surface area contributed by atoms with Crippen molar-refractivity contribution in [1.82, 2.24) is 10.3 Å².